The van der Waals surface area contributed by atoms with E-state index in [9.17, 15) is 4.79 Å². The van der Waals surface area contributed by atoms with Crippen LogP contribution in [-0.2, 0) is 0 Å². The van der Waals surface area contributed by atoms with E-state index in [1.165, 1.54) is 6.21 Å². The Hall–Kier alpha value is -2.66. The van der Waals surface area contributed by atoms with Crippen molar-refractivity contribution >= 4 is 23.5 Å². The van der Waals surface area contributed by atoms with Crippen LogP contribution >= 0.6 is 11.3 Å². The van der Waals surface area contributed by atoms with Crippen molar-refractivity contribution in [1.82, 2.24) is 5.43 Å². The van der Waals surface area contributed by atoms with Crippen molar-refractivity contribution in [3.05, 3.63) is 69.8 Å². The summed E-state index contributed by atoms with van der Waals surface area (Å²) in [6.45, 7) is 3.87. The van der Waals surface area contributed by atoms with Crippen LogP contribution in [0, 0.1) is 13.8 Å². The highest BCUT2D eigenvalue weighted by atomic mass is 32.1. The average molecular weight is 324 g/mol. The Morgan fingerprint density at radius 2 is 1.96 bits per heavy atom. The summed E-state index contributed by atoms with van der Waals surface area (Å²) in [7, 11) is 0. The van der Waals surface area contributed by atoms with Crippen LogP contribution in [-0.4, -0.2) is 12.1 Å². The molecule has 0 radical (unpaired) electrons. The minimum Gasteiger partial charge on any atom is -0.460 e. The predicted octanol–water partition coefficient (Wildman–Crippen LogP) is 4.39. The summed E-state index contributed by atoms with van der Waals surface area (Å²) in [6, 6.07) is 13.5. The number of hydrogen-bond donors (Lipinski definition) is 1. The second-order valence-electron chi connectivity index (χ2n) is 5.09. The third kappa shape index (κ3) is 3.40. The Labute approximate surface area is 138 Å². The highest BCUT2D eigenvalue weighted by Gasteiger charge is 2.16. The summed E-state index contributed by atoms with van der Waals surface area (Å²) in [5, 5.41) is 5.82. The first-order chi connectivity index (χ1) is 11.1. The third-order valence-electron chi connectivity index (χ3n) is 3.40. The van der Waals surface area contributed by atoms with Crippen LogP contribution in [0.15, 0.2) is 57.4 Å². The van der Waals surface area contributed by atoms with E-state index in [0.29, 0.717) is 11.3 Å². The Morgan fingerprint density at radius 1 is 1.17 bits per heavy atom. The molecule has 1 N–H and O–H groups in total. The topological polar surface area (TPSA) is 54.6 Å². The second-order valence-corrected chi connectivity index (χ2v) is 6.18. The number of nitrogens with one attached hydrogen (secondary N) is 1. The first kappa shape index (κ1) is 15.2. The van der Waals surface area contributed by atoms with Gasteiger partial charge in [-0.2, -0.15) is 5.10 Å². The molecular formula is C18H16N2O2S. The fraction of sp³-hybridized carbons (Fsp3) is 0.111. The predicted molar refractivity (Wildman–Crippen MR) is 93.0 cm³/mol. The number of carbonyl (C=O) groups is 1. The smallest absolute Gasteiger partial charge is 0.272 e. The lowest BCUT2D eigenvalue weighted by Crippen LogP contribution is -2.17. The summed E-state index contributed by atoms with van der Waals surface area (Å²) < 4.78 is 5.37. The van der Waals surface area contributed by atoms with Crippen molar-refractivity contribution in [2.45, 2.75) is 13.8 Å². The number of hydrogen-bond acceptors (Lipinski definition) is 4. The molecule has 2 heterocycles. The monoisotopic (exact) mass is 324 g/mol. The van der Waals surface area contributed by atoms with Gasteiger partial charge >= 0.3 is 0 Å². The van der Waals surface area contributed by atoms with Crippen LogP contribution < -0.4 is 5.43 Å². The van der Waals surface area contributed by atoms with Gasteiger partial charge in [0.05, 0.1) is 11.8 Å². The zero-order chi connectivity index (χ0) is 16.2. The lowest BCUT2D eigenvalue weighted by Gasteiger charge is -2.05. The number of hydrazone groups is 1. The molecule has 0 fully saturated rings. The van der Waals surface area contributed by atoms with E-state index in [4.69, 9.17) is 4.42 Å². The van der Waals surface area contributed by atoms with Gasteiger partial charge in [-0.3, -0.25) is 4.79 Å². The molecule has 0 unspecified atom stereocenters. The second kappa shape index (κ2) is 6.62. The minimum atomic E-state index is -0.229. The van der Waals surface area contributed by atoms with Gasteiger partial charge in [-0.25, -0.2) is 5.43 Å². The fourth-order valence-corrected chi connectivity index (χ4v) is 3.19. The maximum Gasteiger partial charge on any atom is 0.272 e. The molecule has 3 rings (SSSR count). The average Bonchev–Trinajstić information content (AvgIpc) is 3.14. The summed E-state index contributed by atoms with van der Waals surface area (Å²) in [4.78, 5) is 13.5. The molecule has 2 aromatic heterocycles. The normalized spacial score (nSPS) is 11.0. The molecule has 23 heavy (non-hydrogen) atoms. The van der Waals surface area contributed by atoms with Crippen LogP contribution in [0.2, 0.25) is 0 Å². The van der Waals surface area contributed by atoms with Crippen LogP contribution in [0.1, 0.15) is 26.8 Å². The van der Waals surface area contributed by atoms with Gasteiger partial charge in [0, 0.05) is 15.8 Å². The standard InChI is InChI=1S/C18H16N2O2S/c1-12-8-9-15(22-12)10-19-20-18(21)16-11-23-13(2)17(16)14-6-4-3-5-7-14/h3-11H,1-2H3,(H,20,21)/b19-10-. The number of nitrogens with zero attached hydrogens (tertiary/aromatic N) is 1. The van der Waals surface area contributed by atoms with Crippen molar-refractivity contribution in [3.8, 4) is 11.1 Å². The lowest BCUT2D eigenvalue weighted by molar-refractivity contribution is 0.0956. The molecule has 0 aliphatic heterocycles. The summed E-state index contributed by atoms with van der Waals surface area (Å²) in [6.07, 6.45) is 1.49. The van der Waals surface area contributed by atoms with Crippen molar-refractivity contribution in [3.63, 3.8) is 0 Å². The summed E-state index contributed by atoms with van der Waals surface area (Å²) >= 11 is 1.56. The molecule has 0 atom stereocenters. The van der Waals surface area contributed by atoms with E-state index in [2.05, 4.69) is 10.5 Å². The van der Waals surface area contributed by atoms with Gasteiger partial charge in [0.1, 0.15) is 11.5 Å². The largest absolute Gasteiger partial charge is 0.460 e. The summed E-state index contributed by atoms with van der Waals surface area (Å²) in [5.41, 5.74) is 5.17. The first-order valence-electron chi connectivity index (χ1n) is 7.18. The molecule has 1 aromatic carbocycles. The number of amides is 1. The Balaban J connectivity index is 1.79. The third-order valence-corrected chi connectivity index (χ3v) is 4.31. The van der Waals surface area contributed by atoms with Gasteiger partial charge in [0.25, 0.3) is 5.91 Å². The van der Waals surface area contributed by atoms with Gasteiger partial charge in [0.15, 0.2) is 0 Å². The van der Waals surface area contributed by atoms with Crippen LogP contribution in [0.25, 0.3) is 11.1 Å². The van der Waals surface area contributed by atoms with Crippen molar-refractivity contribution in [1.29, 1.82) is 0 Å². The van der Waals surface area contributed by atoms with Crippen LogP contribution in [0.5, 0.6) is 0 Å². The zero-order valence-corrected chi connectivity index (χ0v) is 13.7. The fourth-order valence-electron chi connectivity index (χ4n) is 2.32. The lowest BCUT2D eigenvalue weighted by atomic mass is 10.0. The van der Waals surface area contributed by atoms with E-state index in [0.717, 1.165) is 21.8 Å². The van der Waals surface area contributed by atoms with Crippen molar-refractivity contribution < 1.29 is 9.21 Å². The maximum atomic E-state index is 12.4. The van der Waals surface area contributed by atoms with E-state index in [-0.39, 0.29) is 5.91 Å². The highest BCUT2D eigenvalue weighted by molar-refractivity contribution is 7.10. The zero-order valence-electron chi connectivity index (χ0n) is 12.9. The molecule has 1 amide bonds. The van der Waals surface area contributed by atoms with Gasteiger partial charge in [0.2, 0.25) is 0 Å². The molecule has 0 aliphatic carbocycles. The van der Waals surface area contributed by atoms with Gasteiger partial charge in [-0.1, -0.05) is 30.3 Å². The number of furan rings is 1. The molecule has 0 bridgehead atoms. The van der Waals surface area contributed by atoms with Crippen molar-refractivity contribution in [2.75, 3.05) is 0 Å². The number of aryl methyl sites for hydroxylation is 2. The molecule has 5 heteroatoms. The van der Waals surface area contributed by atoms with E-state index in [1.807, 2.05) is 55.6 Å². The number of thiophene rings is 1. The molecule has 4 nitrogen and oxygen atoms in total. The number of benzene rings is 1. The van der Waals surface area contributed by atoms with Gasteiger partial charge in [-0.15, -0.1) is 11.3 Å². The summed E-state index contributed by atoms with van der Waals surface area (Å²) in [5.74, 6) is 1.18. The Bertz CT molecular complexity index is 847. The molecule has 0 aliphatic rings. The molecule has 0 saturated heterocycles. The Kier molecular flexibility index (Phi) is 4.39. The maximum absolute atomic E-state index is 12.4. The first-order valence-corrected chi connectivity index (χ1v) is 8.06. The molecule has 0 spiro atoms. The number of carbonyl (C=O) groups excluding carboxylic acids is 1. The quantitative estimate of drug-likeness (QED) is 0.571. The van der Waals surface area contributed by atoms with Gasteiger partial charge in [-0.05, 0) is 31.5 Å². The molecule has 116 valence electrons. The van der Waals surface area contributed by atoms with Crippen LogP contribution in [0.4, 0.5) is 0 Å². The van der Waals surface area contributed by atoms with E-state index in [1.54, 1.807) is 17.4 Å². The molecular weight excluding hydrogens is 308 g/mol. The van der Waals surface area contributed by atoms with E-state index >= 15 is 0 Å². The van der Waals surface area contributed by atoms with E-state index < -0.39 is 0 Å². The van der Waals surface area contributed by atoms with Crippen LogP contribution in [0.3, 0.4) is 0 Å². The van der Waals surface area contributed by atoms with Gasteiger partial charge < -0.3 is 4.42 Å². The molecule has 0 saturated carbocycles. The van der Waals surface area contributed by atoms with Crippen molar-refractivity contribution in [2.24, 2.45) is 5.10 Å². The minimum absolute atomic E-state index is 0.229. The number of rotatable bonds is 4. The SMILES string of the molecule is Cc1ccc(/C=N\NC(=O)c2csc(C)c2-c2ccccc2)o1. The Morgan fingerprint density at radius 3 is 2.65 bits per heavy atom. The highest BCUT2D eigenvalue weighted by Crippen LogP contribution is 2.32. The molecule has 3 aromatic rings.